The van der Waals surface area contributed by atoms with Crippen molar-refractivity contribution in [2.75, 3.05) is 11.9 Å². The number of carboxylic acids is 1. The van der Waals surface area contributed by atoms with Crippen LogP contribution >= 0.6 is 11.3 Å². The van der Waals surface area contributed by atoms with Gasteiger partial charge in [0.1, 0.15) is 5.01 Å². The molecule has 0 bridgehead atoms. The second-order valence-electron chi connectivity index (χ2n) is 4.22. The van der Waals surface area contributed by atoms with Gasteiger partial charge < -0.3 is 10.4 Å². The highest BCUT2D eigenvalue weighted by Gasteiger charge is 2.09. The van der Waals surface area contributed by atoms with E-state index in [0.717, 1.165) is 5.01 Å². The number of hydrogen-bond acceptors (Lipinski definition) is 5. The number of benzene rings is 1. The lowest BCUT2D eigenvalue weighted by Gasteiger charge is -2.07. The zero-order chi connectivity index (χ0) is 15.2. The second kappa shape index (κ2) is 6.80. The van der Waals surface area contributed by atoms with Gasteiger partial charge in [0.2, 0.25) is 5.13 Å². The van der Waals surface area contributed by atoms with E-state index in [1.165, 1.54) is 11.3 Å². The van der Waals surface area contributed by atoms with Crippen LogP contribution in [-0.2, 0) is 6.42 Å². The van der Waals surface area contributed by atoms with E-state index in [-0.39, 0.29) is 11.6 Å². The smallest absolute Gasteiger partial charge is 0.335 e. The molecule has 1 aromatic heterocycles. The number of hydrogen-bond donors (Lipinski definition) is 3. The Bertz CT molecular complexity index is 656. The lowest BCUT2D eigenvalue weighted by molar-refractivity contribution is 0.0695. The predicted molar refractivity (Wildman–Crippen MR) is 78.8 cm³/mol. The summed E-state index contributed by atoms with van der Waals surface area (Å²) in [6.45, 7) is 2.12. The fourth-order valence-corrected chi connectivity index (χ4v) is 2.33. The van der Waals surface area contributed by atoms with Gasteiger partial charge in [-0.1, -0.05) is 29.5 Å². The predicted octanol–water partition coefficient (Wildman–Crippen LogP) is 1.91. The molecule has 21 heavy (non-hydrogen) atoms. The lowest BCUT2D eigenvalue weighted by atomic mass is 10.0. The highest BCUT2D eigenvalue weighted by Crippen LogP contribution is 2.13. The van der Waals surface area contributed by atoms with Crippen molar-refractivity contribution in [3.8, 4) is 0 Å². The molecule has 1 heterocycles. The molecular formula is C13H14N4O3S. The number of nitrogens with one attached hydrogen (secondary N) is 2. The molecule has 0 radical (unpaired) electrons. The first kappa shape index (κ1) is 14.9. The van der Waals surface area contributed by atoms with Crippen molar-refractivity contribution in [2.45, 2.75) is 13.3 Å². The van der Waals surface area contributed by atoms with Crippen molar-refractivity contribution in [2.24, 2.45) is 0 Å². The number of nitrogens with zero attached hydrogens (tertiary/aromatic N) is 2. The van der Waals surface area contributed by atoms with E-state index in [1.54, 1.807) is 31.2 Å². The monoisotopic (exact) mass is 306 g/mol. The fraction of sp³-hybridized carbons (Fsp3) is 0.231. The molecule has 0 aliphatic heterocycles. The third-order valence-corrected chi connectivity index (χ3v) is 3.43. The van der Waals surface area contributed by atoms with Gasteiger partial charge in [0.25, 0.3) is 0 Å². The van der Waals surface area contributed by atoms with Crippen LogP contribution in [0.25, 0.3) is 0 Å². The SMILES string of the molecule is Cc1nnc(NC(=O)NCCc2ccccc2C(=O)O)s1. The molecule has 0 saturated heterocycles. The van der Waals surface area contributed by atoms with Gasteiger partial charge >= 0.3 is 12.0 Å². The summed E-state index contributed by atoms with van der Waals surface area (Å²) in [5.74, 6) is -0.973. The number of aromatic carboxylic acids is 1. The summed E-state index contributed by atoms with van der Waals surface area (Å²) in [6.07, 6.45) is 0.436. The number of urea groups is 1. The Labute approximate surface area is 125 Å². The molecule has 0 saturated carbocycles. The van der Waals surface area contributed by atoms with E-state index in [0.29, 0.717) is 23.7 Å². The van der Waals surface area contributed by atoms with Crippen LogP contribution in [0.1, 0.15) is 20.9 Å². The maximum absolute atomic E-state index is 11.6. The Kier molecular flexibility index (Phi) is 4.83. The zero-order valence-electron chi connectivity index (χ0n) is 11.3. The molecule has 0 unspecified atom stereocenters. The highest BCUT2D eigenvalue weighted by atomic mass is 32.1. The van der Waals surface area contributed by atoms with Crippen molar-refractivity contribution >= 4 is 28.5 Å². The minimum absolute atomic E-state index is 0.249. The van der Waals surface area contributed by atoms with Crippen LogP contribution in [0.15, 0.2) is 24.3 Å². The number of amides is 2. The van der Waals surface area contributed by atoms with E-state index in [4.69, 9.17) is 5.11 Å². The van der Waals surface area contributed by atoms with Gasteiger partial charge in [-0.2, -0.15) is 0 Å². The van der Waals surface area contributed by atoms with Gasteiger partial charge in [0.05, 0.1) is 5.56 Å². The average Bonchev–Trinajstić information content (AvgIpc) is 2.84. The maximum atomic E-state index is 11.6. The molecule has 0 aliphatic carbocycles. The topological polar surface area (TPSA) is 104 Å². The molecule has 110 valence electrons. The Balaban J connectivity index is 1.84. The number of anilines is 1. The van der Waals surface area contributed by atoms with E-state index in [1.807, 2.05) is 0 Å². The molecule has 1 aromatic carbocycles. The van der Waals surface area contributed by atoms with Gasteiger partial charge in [0.15, 0.2) is 0 Å². The van der Waals surface area contributed by atoms with Crippen LogP contribution < -0.4 is 10.6 Å². The Morgan fingerprint density at radius 3 is 2.71 bits per heavy atom. The number of aryl methyl sites for hydroxylation is 1. The highest BCUT2D eigenvalue weighted by molar-refractivity contribution is 7.15. The van der Waals surface area contributed by atoms with Crippen LogP contribution in [0.4, 0.5) is 9.93 Å². The number of rotatable bonds is 5. The standard InChI is InChI=1S/C13H14N4O3S/c1-8-16-17-13(21-8)15-12(20)14-7-6-9-4-2-3-5-10(9)11(18)19/h2-5H,6-7H2,1H3,(H,18,19)(H2,14,15,17,20). The van der Waals surface area contributed by atoms with Gasteiger partial charge in [-0.15, -0.1) is 10.2 Å². The van der Waals surface area contributed by atoms with Crippen LogP contribution in [0.5, 0.6) is 0 Å². The molecule has 7 nitrogen and oxygen atoms in total. The number of carbonyl (C=O) groups is 2. The molecule has 2 rings (SSSR count). The molecule has 2 amide bonds. The van der Waals surface area contributed by atoms with Crippen LogP contribution in [-0.4, -0.2) is 33.8 Å². The van der Waals surface area contributed by atoms with E-state index in [9.17, 15) is 9.59 Å². The Morgan fingerprint density at radius 1 is 1.29 bits per heavy atom. The summed E-state index contributed by atoms with van der Waals surface area (Å²) in [4.78, 5) is 22.7. The normalized spacial score (nSPS) is 10.1. The number of aromatic nitrogens is 2. The number of carboxylic acid groups (broad SMARTS) is 1. The molecule has 0 fully saturated rings. The second-order valence-corrected chi connectivity index (χ2v) is 5.40. The molecule has 0 spiro atoms. The molecular weight excluding hydrogens is 292 g/mol. The summed E-state index contributed by atoms with van der Waals surface area (Å²) in [5, 5.41) is 23.0. The largest absolute Gasteiger partial charge is 0.478 e. The third kappa shape index (κ3) is 4.25. The first-order valence-corrected chi connectivity index (χ1v) is 7.04. The van der Waals surface area contributed by atoms with Crippen LogP contribution in [0.3, 0.4) is 0 Å². The first-order valence-electron chi connectivity index (χ1n) is 6.22. The molecule has 0 aliphatic rings. The van der Waals surface area contributed by atoms with E-state index >= 15 is 0 Å². The Hall–Kier alpha value is -2.48. The average molecular weight is 306 g/mol. The molecule has 8 heteroatoms. The summed E-state index contributed by atoms with van der Waals surface area (Å²) in [6, 6.07) is 6.33. The zero-order valence-corrected chi connectivity index (χ0v) is 12.1. The molecule has 2 aromatic rings. The van der Waals surface area contributed by atoms with Crippen molar-refractivity contribution in [3.05, 3.63) is 40.4 Å². The minimum Gasteiger partial charge on any atom is -0.478 e. The first-order chi connectivity index (χ1) is 10.1. The quantitative estimate of drug-likeness (QED) is 0.782. The minimum atomic E-state index is -0.973. The van der Waals surface area contributed by atoms with Gasteiger partial charge in [-0.25, -0.2) is 9.59 Å². The van der Waals surface area contributed by atoms with Crippen molar-refractivity contribution in [3.63, 3.8) is 0 Å². The number of carbonyl (C=O) groups excluding carboxylic acids is 1. The van der Waals surface area contributed by atoms with Crippen molar-refractivity contribution < 1.29 is 14.7 Å². The van der Waals surface area contributed by atoms with E-state index in [2.05, 4.69) is 20.8 Å². The summed E-state index contributed by atoms with van der Waals surface area (Å²) in [5.41, 5.74) is 0.927. The lowest BCUT2D eigenvalue weighted by Crippen LogP contribution is -2.30. The van der Waals surface area contributed by atoms with Gasteiger partial charge in [0, 0.05) is 6.54 Å². The Morgan fingerprint density at radius 2 is 2.05 bits per heavy atom. The van der Waals surface area contributed by atoms with Crippen molar-refractivity contribution in [1.29, 1.82) is 0 Å². The van der Waals surface area contributed by atoms with Crippen LogP contribution in [0.2, 0.25) is 0 Å². The third-order valence-electron chi connectivity index (χ3n) is 2.67. The summed E-state index contributed by atoms with van der Waals surface area (Å²) in [7, 11) is 0. The summed E-state index contributed by atoms with van der Waals surface area (Å²) < 4.78 is 0. The summed E-state index contributed by atoms with van der Waals surface area (Å²) >= 11 is 1.28. The van der Waals surface area contributed by atoms with E-state index < -0.39 is 5.97 Å². The van der Waals surface area contributed by atoms with Gasteiger partial charge in [-0.05, 0) is 25.0 Å². The maximum Gasteiger partial charge on any atom is 0.335 e. The van der Waals surface area contributed by atoms with Gasteiger partial charge in [-0.3, -0.25) is 5.32 Å². The molecule has 3 N–H and O–H groups in total. The van der Waals surface area contributed by atoms with Crippen LogP contribution in [0, 0.1) is 6.92 Å². The molecule has 0 atom stereocenters. The fourth-order valence-electron chi connectivity index (χ4n) is 1.75. The van der Waals surface area contributed by atoms with Crippen molar-refractivity contribution in [1.82, 2.24) is 15.5 Å².